The van der Waals surface area contributed by atoms with E-state index in [1.165, 1.54) is 36.0 Å². The van der Waals surface area contributed by atoms with Crippen LogP contribution in [0.5, 0.6) is 0 Å². The van der Waals surface area contributed by atoms with Gasteiger partial charge in [0.25, 0.3) is 0 Å². The maximum Gasteiger partial charge on any atom is 0.307 e. The number of nitrogens with one attached hydrogen (secondary N) is 1. The summed E-state index contributed by atoms with van der Waals surface area (Å²) in [5.74, 6) is -0.899. The summed E-state index contributed by atoms with van der Waals surface area (Å²) in [4.78, 5) is 11.0. The average molecular weight is 245 g/mol. The van der Waals surface area contributed by atoms with Crippen LogP contribution in [-0.2, 0) is 17.6 Å². The lowest BCUT2D eigenvalue weighted by molar-refractivity contribution is -0.141. The lowest BCUT2D eigenvalue weighted by Gasteiger charge is -2.22. The molecule has 0 saturated carbocycles. The molecular formula is C15H19NO2. The molecule has 1 aromatic carbocycles. The maximum absolute atomic E-state index is 11.0. The molecule has 0 aromatic heterocycles. The van der Waals surface area contributed by atoms with E-state index in [1.54, 1.807) is 0 Å². The molecule has 1 heterocycles. The van der Waals surface area contributed by atoms with Gasteiger partial charge in [0.1, 0.15) is 0 Å². The van der Waals surface area contributed by atoms with Crippen molar-refractivity contribution >= 4 is 5.97 Å². The van der Waals surface area contributed by atoms with Gasteiger partial charge in [0.15, 0.2) is 0 Å². The Balaban J connectivity index is 1.87. The van der Waals surface area contributed by atoms with E-state index in [9.17, 15) is 4.79 Å². The van der Waals surface area contributed by atoms with E-state index >= 15 is 0 Å². The molecule has 2 unspecified atom stereocenters. The summed E-state index contributed by atoms with van der Waals surface area (Å²) in [5.41, 5.74) is 4.29. The Bertz CT molecular complexity index is 470. The van der Waals surface area contributed by atoms with Gasteiger partial charge < -0.3 is 10.4 Å². The van der Waals surface area contributed by atoms with Gasteiger partial charge in [-0.05, 0) is 48.8 Å². The van der Waals surface area contributed by atoms with Crippen molar-refractivity contribution < 1.29 is 9.90 Å². The molecule has 1 fully saturated rings. The van der Waals surface area contributed by atoms with Crippen molar-refractivity contribution in [1.82, 2.24) is 5.32 Å². The summed E-state index contributed by atoms with van der Waals surface area (Å²) in [6.07, 6.45) is 5.61. The predicted octanol–water partition coefficient (Wildman–Crippen LogP) is 2.30. The van der Waals surface area contributed by atoms with E-state index in [-0.39, 0.29) is 12.0 Å². The summed E-state index contributed by atoms with van der Waals surface area (Å²) in [7, 11) is 0. The Labute approximate surface area is 107 Å². The largest absolute Gasteiger partial charge is 0.481 e. The molecule has 1 aromatic rings. The smallest absolute Gasteiger partial charge is 0.307 e. The lowest BCUT2D eigenvalue weighted by atomic mass is 9.85. The quantitative estimate of drug-likeness (QED) is 0.840. The fourth-order valence-corrected chi connectivity index (χ4v) is 3.30. The summed E-state index contributed by atoms with van der Waals surface area (Å²) < 4.78 is 0. The Morgan fingerprint density at radius 1 is 1.28 bits per heavy atom. The Hall–Kier alpha value is -1.35. The van der Waals surface area contributed by atoms with Crippen molar-refractivity contribution in [3.8, 4) is 0 Å². The zero-order valence-electron chi connectivity index (χ0n) is 10.5. The highest BCUT2D eigenvalue weighted by Crippen LogP contribution is 2.33. The van der Waals surface area contributed by atoms with Gasteiger partial charge in [-0.1, -0.05) is 18.2 Å². The molecule has 0 bridgehead atoms. The molecule has 3 rings (SSSR count). The molecular weight excluding hydrogens is 226 g/mol. The number of hydrogen-bond donors (Lipinski definition) is 2. The first-order chi connectivity index (χ1) is 8.75. The first kappa shape index (κ1) is 11.7. The fourth-order valence-electron chi connectivity index (χ4n) is 3.30. The van der Waals surface area contributed by atoms with Crippen LogP contribution in [0.4, 0.5) is 0 Å². The monoisotopic (exact) mass is 245 g/mol. The third-order valence-corrected chi connectivity index (χ3v) is 4.29. The van der Waals surface area contributed by atoms with Crippen LogP contribution in [0, 0.1) is 5.92 Å². The van der Waals surface area contributed by atoms with Crippen molar-refractivity contribution in [1.29, 1.82) is 0 Å². The van der Waals surface area contributed by atoms with Crippen LogP contribution in [0.3, 0.4) is 0 Å². The Morgan fingerprint density at radius 2 is 2.11 bits per heavy atom. The number of carboxylic acid groups (broad SMARTS) is 1. The van der Waals surface area contributed by atoms with Gasteiger partial charge in [0.05, 0.1) is 5.92 Å². The maximum atomic E-state index is 11.0. The van der Waals surface area contributed by atoms with E-state index in [4.69, 9.17) is 5.11 Å². The van der Waals surface area contributed by atoms with Gasteiger partial charge in [0, 0.05) is 12.6 Å². The second-order valence-electron chi connectivity index (χ2n) is 5.42. The normalized spacial score (nSPS) is 26.9. The van der Waals surface area contributed by atoms with Gasteiger partial charge in [-0.25, -0.2) is 0 Å². The van der Waals surface area contributed by atoms with E-state index in [2.05, 4.69) is 23.5 Å². The zero-order chi connectivity index (χ0) is 12.5. The highest BCUT2D eigenvalue weighted by molar-refractivity contribution is 5.70. The van der Waals surface area contributed by atoms with E-state index in [0.29, 0.717) is 6.54 Å². The van der Waals surface area contributed by atoms with Gasteiger partial charge in [-0.3, -0.25) is 4.79 Å². The SMILES string of the molecule is O=C(O)C1CNC(c2cccc3c2CCCC3)C1. The molecule has 1 aliphatic heterocycles. The van der Waals surface area contributed by atoms with Crippen LogP contribution in [-0.4, -0.2) is 17.6 Å². The third-order valence-electron chi connectivity index (χ3n) is 4.29. The first-order valence-corrected chi connectivity index (χ1v) is 6.82. The summed E-state index contributed by atoms with van der Waals surface area (Å²) >= 11 is 0. The van der Waals surface area contributed by atoms with Gasteiger partial charge in [0.2, 0.25) is 0 Å². The van der Waals surface area contributed by atoms with E-state index in [0.717, 1.165) is 12.8 Å². The highest BCUT2D eigenvalue weighted by atomic mass is 16.4. The molecule has 2 aliphatic rings. The summed E-state index contributed by atoms with van der Waals surface area (Å²) in [6.45, 7) is 0.601. The summed E-state index contributed by atoms with van der Waals surface area (Å²) in [5, 5.41) is 12.4. The van der Waals surface area contributed by atoms with Crippen LogP contribution in [0.1, 0.15) is 42.0 Å². The number of carbonyl (C=O) groups is 1. The van der Waals surface area contributed by atoms with Crippen molar-refractivity contribution in [2.45, 2.75) is 38.1 Å². The van der Waals surface area contributed by atoms with Gasteiger partial charge >= 0.3 is 5.97 Å². The minimum absolute atomic E-state index is 0.227. The molecule has 18 heavy (non-hydrogen) atoms. The molecule has 2 atom stereocenters. The minimum Gasteiger partial charge on any atom is -0.481 e. The van der Waals surface area contributed by atoms with Crippen molar-refractivity contribution in [2.75, 3.05) is 6.54 Å². The Morgan fingerprint density at radius 3 is 2.89 bits per heavy atom. The number of aliphatic carboxylic acids is 1. The minimum atomic E-state index is -0.671. The number of aryl methyl sites for hydroxylation is 1. The molecule has 3 heteroatoms. The average Bonchev–Trinajstić information content (AvgIpc) is 2.87. The number of rotatable bonds is 2. The van der Waals surface area contributed by atoms with Crippen LogP contribution in [0.25, 0.3) is 0 Å². The van der Waals surface area contributed by atoms with Gasteiger partial charge in [-0.2, -0.15) is 0 Å². The van der Waals surface area contributed by atoms with Crippen molar-refractivity contribution in [2.24, 2.45) is 5.92 Å². The van der Waals surface area contributed by atoms with Crippen LogP contribution < -0.4 is 5.32 Å². The number of hydrogen-bond acceptors (Lipinski definition) is 2. The highest BCUT2D eigenvalue weighted by Gasteiger charge is 2.31. The number of carboxylic acids is 1. The lowest BCUT2D eigenvalue weighted by Crippen LogP contribution is -2.18. The molecule has 0 amide bonds. The molecule has 2 N–H and O–H groups in total. The standard InChI is InChI=1S/C15H19NO2/c17-15(18)11-8-14(16-9-11)13-7-3-5-10-4-1-2-6-12(10)13/h3,5,7,11,14,16H,1-2,4,6,8-9H2,(H,17,18). The second-order valence-corrected chi connectivity index (χ2v) is 5.42. The fraction of sp³-hybridized carbons (Fsp3) is 0.533. The molecule has 1 aliphatic carbocycles. The molecule has 0 radical (unpaired) electrons. The van der Waals surface area contributed by atoms with E-state index in [1.807, 2.05) is 0 Å². The number of fused-ring (bicyclic) bond motifs is 1. The zero-order valence-corrected chi connectivity index (χ0v) is 10.5. The third kappa shape index (κ3) is 2.03. The van der Waals surface area contributed by atoms with Gasteiger partial charge in [-0.15, -0.1) is 0 Å². The van der Waals surface area contributed by atoms with Crippen molar-refractivity contribution in [3.63, 3.8) is 0 Å². The van der Waals surface area contributed by atoms with Crippen LogP contribution >= 0.6 is 0 Å². The molecule has 1 saturated heterocycles. The van der Waals surface area contributed by atoms with Crippen LogP contribution in [0.2, 0.25) is 0 Å². The Kier molecular flexibility index (Phi) is 3.08. The second kappa shape index (κ2) is 4.73. The molecule has 3 nitrogen and oxygen atoms in total. The summed E-state index contributed by atoms with van der Waals surface area (Å²) in [6, 6.07) is 6.75. The number of benzene rings is 1. The molecule has 0 spiro atoms. The molecule has 96 valence electrons. The predicted molar refractivity (Wildman–Crippen MR) is 69.6 cm³/mol. The van der Waals surface area contributed by atoms with Crippen LogP contribution in [0.15, 0.2) is 18.2 Å². The topological polar surface area (TPSA) is 49.3 Å². The first-order valence-electron chi connectivity index (χ1n) is 6.82. The van der Waals surface area contributed by atoms with Crippen molar-refractivity contribution in [3.05, 3.63) is 34.9 Å². The van der Waals surface area contributed by atoms with E-state index < -0.39 is 5.97 Å².